The zero-order valence-corrected chi connectivity index (χ0v) is 9.42. The minimum Gasteiger partial charge on any atom is -0.225 e. The van der Waals surface area contributed by atoms with Crippen molar-refractivity contribution in [3.63, 3.8) is 0 Å². The van der Waals surface area contributed by atoms with E-state index < -0.39 is 10.0 Å². The summed E-state index contributed by atoms with van der Waals surface area (Å²) in [6, 6.07) is 10.2. The summed E-state index contributed by atoms with van der Waals surface area (Å²) in [4.78, 5) is 0.869. The lowest BCUT2D eigenvalue weighted by Gasteiger charge is -2.05. The summed E-state index contributed by atoms with van der Waals surface area (Å²) in [6.45, 7) is 0. The van der Waals surface area contributed by atoms with Crippen molar-refractivity contribution in [3.8, 4) is 0 Å². The molecule has 0 heterocycles. The van der Waals surface area contributed by atoms with Gasteiger partial charge in [0.2, 0.25) is 10.0 Å². The Labute approximate surface area is 93.4 Å². The number of rotatable bonds is 1. The zero-order valence-electron chi connectivity index (χ0n) is 7.71. The van der Waals surface area contributed by atoms with E-state index in [1.54, 1.807) is 18.2 Å². The zero-order chi connectivity index (χ0) is 11.1. The molecule has 0 spiro atoms. The van der Waals surface area contributed by atoms with Crippen LogP contribution in [-0.4, -0.2) is 8.42 Å². The number of fused-ring (bicyclic) bond motifs is 1. The Hall–Kier alpha value is -1.04. The fraction of sp³-hybridized carbons (Fsp3) is 0. The van der Waals surface area contributed by atoms with E-state index in [1.165, 1.54) is 6.07 Å². The number of thiol groups is 1. The van der Waals surface area contributed by atoms with E-state index in [9.17, 15) is 8.42 Å². The molecule has 0 aliphatic heterocycles. The number of nitrogens with two attached hydrogens (primary N) is 1. The van der Waals surface area contributed by atoms with Crippen LogP contribution in [-0.2, 0) is 10.0 Å². The Kier molecular flexibility index (Phi) is 2.46. The highest BCUT2D eigenvalue weighted by atomic mass is 32.2. The summed E-state index contributed by atoms with van der Waals surface area (Å²) in [7, 11) is -3.68. The van der Waals surface area contributed by atoms with Crippen molar-refractivity contribution in [2.45, 2.75) is 9.79 Å². The average molecular weight is 239 g/mol. The number of benzene rings is 2. The molecule has 0 bridgehead atoms. The average Bonchev–Trinajstić information content (AvgIpc) is 2.17. The Morgan fingerprint density at radius 3 is 2.20 bits per heavy atom. The summed E-state index contributed by atoms with van der Waals surface area (Å²) >= 11 is 4.26. The molecular formula is C10H9NO2S2. The second-order valence-corrected chi connectivity index (χ2v) is 5.19. The Balaban J connectivity index is 2.96. The summed E-state index contributed by atoms with van der Waals surface area (Å²) in [6.07, 6.45) is 0. The van der Waals surface area contributed by atoms with E-state index in [1.807, 2.05) is 12.1 Å². The second kappa shape index (κ2) is 3.52. The van der Waals surface area contributed by atoms with Gasteiger partial charge in [0.15, 0.2) is 0 Å². The standard InChI is InChI=1S/C10H9NO2S2/c11-15(12,13)10-6-5-9(14)7-3-1-2-4-8(7)10/h1-6,14H,(H2,11,12,13). The van der Waals surface area contributed by atoms with E-state index in [0.29, 0.717) is 5.39 Å². The van der Waals surface area contributed by atoms with E-state index in [-0.39, 0.29) is 4.90 Å². The van der Waals surface area contributed by atoms with Crippen LogP contribution < -0.4 is 5.14 Å². The first kappa shape index (κ1) is 10.5. The van der Waals surface area contributed by atoms with Crippen molar-refractivity contribution in [1.82, 2.24) is 0 Å². The second-order valence-electron chi connectivity index (χ2n) is 3.17. The highest BCUT2D eigenvalue weighted by molar-refractivity contribution is 7.89. The van der Waals surface area contributed by atoms with Gasteiger partial charge in [0.05, 0.1) is 4.90 Å². The van der Waals surface area contributed by atoms with Gasteiger partial charge in [-0.15, -0.1) is 12.6 Å². The van der Waals surface area contributed by atoms with Crippen molar-refractivity contribution in [1.29, 1.82) is 0 Å². The normalized spacial score (nSPS) is 11.9. The van der Waals surface area contributed by atoms with E-state index in [2.05, 4.69) is 12.6 Å². The smallest absolute Gasteiger partial charge is 0.225 e. The minimum absolute atomic E-state index is 0.135. The molecule has 2 aromatic carbocycles. The van der Waals surface area contributed by atoms with Crippen LogP contribution in [0.5, 0.6) is 0 Å². The van der Waals surface area contributed by atoms with Gasteiger partial charge in [0, 0.05) is 10.3 Å². The molecular weight excluding hydrogens is 230 g/mol. The van der Waals surface area contributed by atoms with Gasteiger partial charge >= 0.3 is 0 Å². The van der Waals surface area contributed by atoms with Gasteiger partial charge in [-0.25, -0.2) is 13.6 Å². The summed E-state index contributed by atoms with van der Waals surface area (Å²) in [5.41, 5.74) is 0. The predicted octanol–water partition coefficient (Wildman–Crippen LogP) is 1.78. The highest BCUT2D eigenvalue weighted by Gasteiger charge is 2.12. The largest absolute Gasteiger partial charge is 0.238 e. The first-order valence-electron chi connectivity index (χ1n) is 4.23. The molecule has 0 saturated heterocycles. The van der Waals surface area contributed by atoms with Gasteiger partial charge in [-0.3, -0.25) is 0 Å². The number of hydrogen-bond donors (Lipinski definition) is 2. The molecule has 2 N–H and O–H groups in total. The maximum Gasteiger partial charge on any atom is 0.238 e. The van der Waals surface area contributed by atoms with Crippen molar-refractivity contribution in [2.24, 2.45) is 5.14 Å². The van der Waals surface area contributed by atoms with Crippen LogP contribution in [0.15, 0.2) is 46.2 Å². The molecule has 0 saturated carbocycles. The van der Waals surface area contributed by atoms with Gasteiger partial charge in [0.1, 0.15) is 0 Å². The number of sulfonamides is 1. The third kappa shape index (κ3) is 1.86. The van der Waals surface area contributed by atoms with Crippen LogP contribution in [0.4, 0.5) is 0 Å². The topological polar surface area (TPSA) is 60.2 Å². The summed E-state index contributed by atoms with van der Waals surface area (Å²) < 4.78 is 22.6. The van der Waals surface area contributed by atoms with Crippen LogP contribution in [0, 0.1) is 0 Å². The first-order chi connectivity index (χ1) is 7.00. The number of primary sulfonamides is 1. The minimum atomic E-state index is -3.68. The van der Waals surface area contributed by atoms with Crippen LogP contribution in [0.3, 0.4) is 0 Å². The molecule has 0 unspecified atom stereocenters. The van der Waals surface area contributed by atoms with E-state index >= 15 is 0 Å². The maximum atomic E-state index is 11.3. The molecule has 0 aliphatic carbocycles. The van der Waals surface area contributed by atoms with Gasteiger partial charge in [0.25, 0.3) is 0 Å². The molecule has 0 atom stereocenters. The molecule has 2 aromatic rings. The predicted molar refractivity (Wildman–Crippen MR) is 62.6 cm³/mol. The molecule has 5 heteroatoms. The van der Waals surface area contributed by atoms with Crippen LogP contribution in [0.1, 0.15) is 0 Å². The Morgan fingerprint density at radius 1 is 1.00 bits per heavy atom. The lowest BCUT2D eigenvalue weighted by molar-refractivity contribution is 0.598. The Bertz CT molecular complexity index is 620. The van der Waals surface area contributed by atoms with Gasteiger partial charge in [-0.2, -0.15) is 0 Å². The molecule has 15 heavy (non-hydrogen) atoms. The first-order valence-corrected chi connectivity index (χ1v) is 6.23. The van der Waals surface area contributed by atoms with E-state index in [0.717, 1.165) is 10.3 Å². The third-order valence-electron chi connectivity index (χ3n) is 2.17. The SMILES string of the molecule is NS(=O)(=O)c1ccc(S)c2ccccc12. The summed E-state index contributed by atoms with van der Waals surface area (Å²) in [5.74, 6) is 0. The molecule has 0 radical (unpaired) electrons. The molecule has 2 rings (SSSR count). The molecule has 3 nitrogen and oxygen atoms in total. The lowest BCUT2D eigenvalue weighted by Crippen LogP contribution is -2.12. The maximum absolute atomic E-state index is 11.3. The number of hydrogen-bond acceptors (Lipinski definition) is 3. The quantitative estimate of drug-likeness (QED) is 0.745. The van der Waals surface area contributed by atoms with Gasteiger partial charge in [-0.05, 0) is 17.5 Å². The molecule has 0 amide bonds. The van der Waals surface area contributed by atoms with Crippen molar-refractivity contribution in [3.05, 3.63) is 36.4 Å². The highest BCUT2D eigenvalue weighted by Crippen LogP contribution is 2.27. The third-order valence-corrected chi connectivity index (χ3v) is 3.53. The summed E-state index contributed by atoms with van der Waals surface area (Å²) in [5, 5.41) is 6.51. The molecule has 78 valence electrons. The fourth-order valence-corrected chi connectivity index (χ4v) is 2.52. The molecule has 0 aliphatic rings. The van der Waals surface area contributed by atoms with Crippen LogP contribution in [0.2, 0.25) is 0 Å². The van der Waals surface area contributed by atoms with Gasteiger partial charge < -0.3 is 0 Å². The fourth-order valence-electron chi connectivity index (χ4n) is 1.50. The van der Waals surface area contributed by atoms with Crippen molar-refractivity contribution in [2.75, 3.05) is 0 Å². The molecule has 0 aromatic heterocycles. The van der Waals surface area contributed by atoms with Crippen LogP contribution in [0.25, 0.3) is 10.8 Å². The van der Waals surface area contributed by atoms with Crippen molar-refractivity contribution < 1.29 is 8.42 Å². The van der Waals surface area contributed by atoms with Gasteiger partial charge in [-0.1, -0.05) is 24.3 Å². The molecule has 0 fully saturated rings. The van der Waals surface area contributed by atoms with Crippen LogP contribution >= 0.6 is 12.6 Å². The Morgan fingerprint density at radius 2 is 1.60 bits per heavy atom. The van der Waals surface area contributed by atoms with Crippen molar-refractivity contribution >= 4 is 33.4 Å². The monoisotopic (exact) mass is 239 g/mol. The lowest BCUT2D eigenvalue weighted by atomic mass is 10.1. The van der Waals surface area contributed by atoms with E-state index in [4.69, 9.17) is 5.14 Å².